The van der Waals surface area contributed by atoms with Crippen LogP contribution in [0.3, 0.4) is 0 Å². The number of halogens is 2. The molecule has 2 aromatic rings. The minimum absolute atomic E-state index is 0.159. The first kappa shape index (κ1) is 20.1. The van der Waals surface area contributed by atoms with Crippen LogP contribution < -0.4 is 4.74 Å². The van der Waals surface area contributed by atoms with E-state index >= 15 is 0 Å². The number of likely N-dealkylation sites (N-methyl/N-ethyl adjacent to an activating group) is 1. The lowest BCUT2D eigenvalue weighted by Crippen LogP contribution is -2.13. The zero-order chi connectivity index (χ0) is 18.6. The molecule has 1 saturated heterocycles. The fourth-order valence-corrected chi connectivity index (χ4v) is 4.23. The molecule has 0 radical (unpaired) electrons. The Morgan fingerprint density at radius 3 is 2.32 bits per heavy atom. The fraction of sp³-hybridized carbons (Fsp3) is 0.400. The van der Waals surface area contributed by atoms with Crippen LogP contribution in [0.2, 0.25) is 5.02 Å². The summed E-state index contributed by atoms with van der Waals surface area (Å²) in [6.45, 7) is 5.80. The summed E-state index contributed by atoms with van der Waals surface area (Å²) in [5, 5.41) is 11.2. The van der Waals surface area contributed by atoms with Crippen molar-refractivity contribution in [3.63, 3.8) is 0 Å². The first-order valence-corrected chi connectivity index (χ1v) is 9.67. The predicted molar refractivity (Wildman–Crippen MR) is 108 cm³/mol. The van der Waals surface area contributed by atoms with Gasteiger partial charge in [0.1, 0.15) is 0 Å². The molecule has 2 atom stereocenters. The molecule has 1 heterocycles. The molecule has 5 heteroatoms. The van der Waals surface area contributed by atoms with Gasteiger partial charge < -0.3 is 14.7 Å². The van der Waals surface area contributed by atoms with Crippen LogP contribution in [-0.2, 0) is 0 Å². The number of likely N-dealkylation sites (tertiary alicyclic amines) is 1. The second-order valence-corrected chi connectivity index (χ2v) is 7.29. The number of phenolic OH excluding ortho intramolecular Hbond substituents is 1. The molecule has 1 aliphatic heterocycles. The van der Waals surface area contributed by atoms with E-state index < -0.39 is 0 Å². The monoisotopic (exact) mass is 425 g/mol. The number of aromatic hydroxyl groups is 1. The molecule has 3 nitrogen and oxygen atoms in total. The number of methoxy groups -OCH3 is 1. The van der Waals surface area contributed by atoms with E-state index in [0.29, 0.717) is 10.8 Å². The van der Waals surface area contributed by atoms with Crippen LogP contribution in [0.5, 0.6) is 11.5 Å². The summed E-state index contributed by atoms with van der Waals surface area (Å²) in [5.41, 5.74) is 2.10. The van der Waals surface area contributed by atoms with Gasteiger partial charge in [-0.15, -0.1) is 0 Å². The molecule has 0 amide bonds. The first-order chi connectivity index (χ1) is 12.0. The Kier molecular flexibility index (Phi) is 7.17. The van der Waals surface area contributed by atoms with Gasteiger partial charge in [0.05, 0.1) is 7.11 Å². The van der Waals surface area contributed by atoms with Crippen molar-refractivity contribution in [3.8, 4) is 11.5 Å². The second kappa shape index (κ2) is 8.93. The van der Waals surface area contributed by atoms with E-state index in [2.05, 4.69) is 40.0 Å². The van der Waals surface area contributed by atoms with Crippen molar-refractivity contribution >= 4 is 27.5 Å². The van der Waals surface area contributed by atoms with Crippen molar-refractivity contribution in [1.29, 1.82) is 0 Å². The third-order valence-corrected chi connectivity index (χ3v) is 5.44. The molecule has 25 heavy (non-hydrogen) atoms. The van der Waals surface area contributed by atoms with E-state index in [0.717, 1.165) is 23.1 Å². The molecule has 1 fully saturated rings. The van der Waals surface area contributed by atoms with E-state index in [4.69, 9.17) is 16.3 Å². The molecule has 1 aliphatic rings. The average Bonchev–Trinajstić information content (AvgIpc) is 3.00. The van der Waals surface area contributed by atoms with Crippen LogP contribution in [0.4, 0.5) is 0 Å². The number of hydrogen-bond donors (Lipinski definition) is 1. The van der Waals surface area contributed by atoms with Crippen molar-refractivity contribution in [2.45, 2.75) is 25.7 Å². The Morgan fingerprint density at radius 1 is 1.12 bits per heavy atom. The normalized spacial score (nSPS) is 20.1. The van der Waals surface area contributed by atoms with Crippen LogP contribution in [0.15, 0.2) is 40.9 Å². The lowest BCUT2D eigenvalue weighted by molar-refractivity contribution is 0.366. The van der Waals surface area contributed by atoms with Crippen molar-refractivity contribution in [3.05, 3.63) is 57.0 Å². The maximum atomic E-state index is 10.6. The van der Waals surface area contributed by atoms with Crippen molar-refractivity contribution in [2.75, 3.05) is 27.2 Å². The maximum absolute atomic E-state index is 10.6. The summed E-state index contributed by atoms with van der Waals surface area (Å²) in [5.74, 6) is 1.05. The number of phenols is 1. The van der Waals surface area contributed by atoms with Gasteiger partial charge in [-0.1, -0.05) is 59.6 Å². The summed E-state index contributed by atoms with van der Waals surface area (Å²) in [4.78, 5) is 2.28. The van der Waals surface area contributed by atoms with Gasteiger partial charge in [-0.25, -0.2) is 0 Å². The molecule has 0 unspecified atom stereocenters. The molecule has 3 rings (SSSR count). The van der Waals surface area contributed by atoms with Gasteiger partial charge in [-0.2, -0.15) is 0 Å². The summed E-state index contributed by atoms with van der Waals surface area (Å²) < 4.78 is 6.36. The van der Waals surface area contributed by atoms with Gasteiger partial charge in [0.2, 0.25) is 0 Å². The Hall–Kier alpha value is -1.23. The van der Waals surface area contributed by atoms with Crippen molar-refractivity contribution < 1.29 is 9.84 Å². The summed E-state index contributed by atoms with van der Waals surface area (Å²) in [7, 11) is 3.64. The van der Waals surface area contributed by atoms with E-state index in [1.54, 1.807) is 13.2 Å². The highest BCUT2D eigenvalue weighted by Crippen LogP contribution is 2.47. The summed E-state index contributed by atoms with van der Waals surface area (Å²) in [6.07, 6.45) is 0. The molecule has 136 valence electrons. The Bertz CT molecular complexity index is 723. The van der Waals surface area contributed by atoms with Crippen LogP contribution in [0.25, 0.3) is 0 Å². The van der Waals surface area contributed by atoms with Gasteiger partial charge in [-0.05, 0) is 24.7 Å². The fourth-order valence-electron chi connectivity index (χ4n) is 3.44. The topological polar surface area (TPSA) is 32.7 Å². The van der Waals surface area contributed by atoms with E-state index in [1.807, 2.05) is 32.0 Å². The van der Waals surface area contributed by atoms with Crippen LogP contribution in [-0.4, -0.2) is 37.3 Å². The standard InChI is InChI=1S/C18H19BrClNO2.C2H6/c1-21-9-14(12-5-3-4-6-16(12)19)15(10-21)13-7-11(20)8-17(23-2)18(13)22;1-2/h3-8,14-15,22H,9-10H2,1-2H3;1-2H3/t14-,15-;/m1./s1. The molecule has 0 aromatic heterocycles. The van der Waals surface area contributed by atoms with Gasteiger partial charge in [-0.3, -0.25) is 0 Å². The zero-order valence-electron chi connectivity index (χ0n) is 15.1. The highest BCUT2D eigenvalue weighted by atomic mass is 79.9. The first-order valence-electron chi connectivity index (χ1n) is 8.50. The quantitative estimate of drug-likeness (QED) is 0.688. The van der Waals surface area contributed by atoms with Gasteiger partial charge in [0.15, 0.2) is 11.5 Å². The van der Waals surface area contributed by atoms with Crippen molar-refractivity contribution in [2.24, 2.45) is 0 Å². The lowest BCUT2D eigenvalue weighted by Gasteiger charge is -2.22. The highest BCUT2D eigenvalue weighted by molar-refractivity contribution is 9.10. The molecule has 1 N–H and O–H groups in total. The molecule has 2 aromatic carbocycles. The molecular formula is C20H25BrClNO2. The highest BCUT2D eigenvalue weighted by Gasteiger charge is 2.36. The molecule has 0 aliphatic carbocycles. The maximum Gasteiger partial charge on any atom is 0.162 e. The predicted octanol–water partition coefficient (Wildman–Crippen LogP) is 5.66. The number of nitrogens with zero attached hydrogens (tertiary/aromatic N) is 1. The summed E-state index contributed by atoms with van der Waals surface area (Å²) in [6, 6.07) is 11.8. The van der Waals surface area contributed by atoms with Crippen LogP contribution in [0, 0.1) is 0 Å². The van der Waals surface area contributed by atoms with Gasteiger partial charge in [0.25, 0.3) is 0 Å². The summed E-state index contributed by atoms with van der Waals surface area (Å²) >= 11 is 9.88. The zero-order valence-corrected chi connectivity index (χ0v) is 17.4. The van der Waals surface area contributed by atoms with Crippen LogP contribution in [0.1, 0.15) is 36.8 Å². The molecule has 0 bridgehead atoms. The van der Waals surface area contributed by atoms with Gasteiger partial charge >= 0.3 is 0 Å². The SMILES string of the molecule is CC.COc1cc(Cl)cc([C@H]2CN(C)C[C@@H]2c2ccccc2Br)c1O. The van der Waals surface area contributed by atoms with Gasteiger partial charge in [0, 0.05) is 46.1 Å². The number of hydrogen-bond acceptors (Lipinski definition) is 3. The Labute approximate surface area is 163 Å². The Morgan fingerprint density at radius 2 is 1.72 bits per heavy atom. The average molecular weight is 427 g/mol. The molecule has 0 spiro atoms. The minimum atomic E-state index is 0.159. The number of benzene rings is 2. The third-order valence-electron chi connectivity index (χ3n) is 4.50. The van der Waals surface area contributed by atoms with E-state index in [-0.39, 0.29) is 17.6 Å². The van der Waals surface area contributed by atoms with E-state index in [1.165, 1.54) is 5.56 Å². The Balaban J connectivity index is 0.00000109. The van der Waals surface area contributed by atoms with Crippen molar-refractivity contribution in [1.82, 2.24) is 4.90 Å². The molecular weight excluding hydrogens is 402 g/mol. The smallest absolute Gasteiger partial charge is 0.162 e. The van der Waals surface area contributed by atoms with Crippen LogP contribution >= 0.6 is 27.5 Å². The molecule has 0 saturated carbocycles. The number of rotatable bonds is 3. The lowest BCUT2D eigenvalue weighted by atomic mass is 9.83. The largest absolute Gasteiger partial charge is 0.504 e. The van der Waals surface area contributed by atoms with E-state index in [9.17, 15) is 5.11 Å². The second-order valence-electron chi connectivity index (χ2n) is 6.00. The number of ether oxygens (including phenoxy) is 1. The minimum Gasteiger partial charge on any atom is -0.504 e. The third kappa shape index (κ3) is 4.30.